The molecule has 2 rings (SSSR count). The molecule has 0 aliphatic carbocycles. The monoisotopic (exact) mass is 373 g/mol. The molecule has 24 heavy (non-hydrogen) atoms. The van der Waals surface area contributed by atoms with E-state index in [9.17, 15) is 4.89 Å². The lowest BCUT2D eigenvalue weighted by molar-refractivity contribution is 0.00740. The quantitative estimate of drug-likeness (QED) is 0.469. The van der Waals surface area contributed by atoms with Crippen molar-refractivity contribution in [2.75, 3.05) is 13.2 Å². The lowest BCUT2D eigenvalue weighted by Crippen LogP contribution is -2.33. The second-order valence-corrected chi connectivity index (χ2v) is 8.94. The standard InChI is InChI=1S/C17H28NO4PS/c1-2-3-4-6-13-20-15-9-11-16(12-10-15)22-23(19,24)18-17-8-5-7-14-21-17/h9-12,17H,2-8,13-14H2,1H3,(H2,18,19,24). The molecule has 1 aliphatic heterocycles. The van der Waals surface area contributed by atoms with Crippen molar-refractivity contribution in [3.05, 3.63) is 24.3 Å². The first-order valence-electron chi connectivity index (χ1n) is 8.74. The highest BCUT2D eigenvalue weighted by Crippen LogP contribution is 2.40. The Hall–Kier alpha value is -0.650. The Morgan fingerprint density at radius 3 is 2.62 bits per heavy atom. The smallest absolute Gasteiger partial charge is 0.312 e. The molecule has 2 N–H and O–H groups in total. The van der Waals surface area contributed by atoms with Crippen molar-refractivity contribution in [1.82, 2.24) is 5.09 Å². The molecule has 2 atom stereocenters. The second kappa shape index (κ2) is 10.4. The zero-order valence-electron chi connectivity index (χ0n) is 14.3. The predicted octanol–water partition coefficient (Wildman–Crippen LogP) is 4.36. The normalized spacial score (nSPS) is 20.3. The van der Waals surface area contributed by atoms with E-state index < -0.39 is 6.64 Å². The van der Waals surface area contributed by atoms with E-state index in [1.165, 1.54) is 19.3 Å². The van der Waals surface area contributed by atoms with Gasteiger partial charge >= 0.3 is 6.64 Å². The van der Waals surface area contributed by atoms with Crippen LogP contribution in [0.4, 0.5) is 0 Å². The van der Waals surface area contributed by atoms with Crippen molar-refractivity contribution in [1.29, 1.82) is 0 Å². The van der Waals surface area contributed by atoms with Crippen LogP contribution in [-0.2, 0) is 16.5 Å². The van der Waals surface area contributed by atoms with Crippen molar-refractivity contribution in [2.24, 2.45) is 0 Å². The highest BCUT2D eigenvalue weighted by Gasteiger charge is 2.23. The average Bonchev–Trinajstić information content (AvgIpc) is 2.56. The Morgan fingerprint density at radius 2 is 1.96 bits per heavy atom. The molecule has 5 nitrogen and oxygen atoms in total. The van der Waals surface area contributed by atoms with E-state index in [0.29, 0.717) is 12.4 Å². The fourth-order valence-corrected chi connectivity index (χ4v) is 4.15. The molecule has 1 aromatic rings. The van der Waals surface area contributed by atoms with E-state index in [1.807, 2.05) is 12.1 Å². The fraction of sp³-hybridized carbons (Fsp3) is 0.647. The van der Waals surface area contributed by atoms with Crippen LogP contribution >= 0.6 is 6.64 Å². The van der Waals surface area contributed by atoms with Gasteiger partial charge in [0.2, 0.25) is 0 Å². The van der Waals surface area contributed by atoms with Crippen LogP contribution in [0.5, 0.6) is 11.5 Å². The Bertz CT molecular complexity index is 520. The van der Waals surface area contributed by atoms with Crippen molar-refractivity contribution < 1.29 is 18.9 Å². The number of rotatable bonds is 10. The lowest BCUT2D eigenvalue weighted by atomic mass is 10.2. The highest BCUT2D eigenvalue weighted by molar-refractivity contribution is 8.08. The summed E-state index contributed by atoms with van der Waals surface area (Å²) in [7, 11) is 0. The number of nitrogens with one attached hydrogen (secondary N) is 1. The fourth-order valence-electron chi connectivity index (χ4n) is 2.51. The van der Waals surface area contributed by atoms with Gasteiger partial charge in [-0.2, -0.15) is 0 Å². The van der Waals surface area contributed by atoms with Gasteiger partial charge in [0, 0.05) is 6.61 Å². The highest BCUT2D eigenvalue weighted by atomic mass is 32.5. The third kappa shape index (κ3) is 7.49. The van der Waals surface area contributed by atoms with Gasteiger partial charge < -0.3 is 18.9 Å². The van der Waals surface area contributed by atoms with Crippen LogP contribution in [0.25, 0.3) is 0 Å². The molecule has 1 heterocycles. The van der Waals surface area contributed by atoms with E-state index in [0.717, 1.165) is 38.0 Å². The molecule has 0 aromatic heterocycles. The maximum atomic E-state index is 10.3. The Labute approximate surface area is 149 Å². The summed E-state index contributed by atoms with van der Waals surface area (Å²) >= 11 is 5.17. The van der Waals surface area contributed by atoms with Crippen molar-refractivity contribution in [2.45, 2.75) is 58.1 Å². The molecular weight excluding hydrogens is 345 g/mol. The van der Waals surface area contributed by atoms with Crippen LogP contribution < -0.4 is 14.3 Å². The number of ether oxygens (including phenoxy) is 2. The summed E-state index contributed by atoms with van der Waals surface area (Å²) in [5, 5.41) is 2.92. The van der Waals surface area contributed by atoms with E-state index in [4.69, 9.17) is 25.8 Å². The van der Waals surface area contributed by atoms with Gasteiger partial charge in [-0.05, 0) is 61.8 Å². The molecule has 7 heteroatoms. The number of unbranched alkanes of at least 4 members (excludes halogenated alkanes) is 3. The zero-order chi connectivity index (χ0) is 17.3. The molecule has 1 fully saturated rings. The van der Waals surface area contributed by atoms with Crippen molar-refractivity contribution >= 4 is 18.4 Å². The molecule has 1 saturated heterocycles. The van der Waals surface area contributed by atoms with Crippen LogP contribution in [0.3, 0.4) is 0 Å². The average molecular weight is 373 g/mol. The molecule has 0 saturated carbocycles. The summed E-state index contributed by atoms with van der Waals surface area (Å²) in [4.78, 5) is 10.3. The van der Waals surface area contributed by atoms with Crippen molar-refractivity contribution in [3.8, 4) is 11.5 Å². The first-order valence-corrected chi connectivity index (χ1v) is 11.4. The molecule has 0 amide bonds. The first kappa shape index (κ1) is 19.7. The molecular formula is C17H28NO4PS. The molecule has 0 radical (unpaired) electrons. The van der Waals surface area contributed by atoms with Crippen LogP contribution in [0, 0.1) is 0 Å². The van der Waals surface area contributed by atoms with Gasteiger partial charge in [-0.3, -0.25) is 0 Å². The number of benzene rings is 1. The summed E-state index contributed by atoms with van der Waals surface area (Å²) in [5.41, 5.74) is 0. The van der Waals surface area contributed by atoms with E-state index in [2.05, 4.69) is 12.0 Å². The minimum Gasteiger partial charge on any atom is -0.494 e. The molecule has 136 valence electrons. The first-order chi connectivity index (χ1) is 11.6. The molecule has 1 aromatic carbocycles. The third-order valence-corrected chi connectivity index (χ3v) is 5.42. The summed E-state index contributed by atoms with van der Waals surface area (Å²) in [6.45, 7) is 0.491. The Morgan fingerprint density at radius 1 is 1.21 bits per heavy atom. The van der Waals surface area contributed by atoms with Crippen LogP contribution in [0.15, 0.2) is 24.3 Å². The minimum absolute atomic E-state index is 0.222. The van der Waals surface area contributed by atoms with Gasteiger partial charge in [0.05, 0.1) is 6.61 Å². The molecule has 2 unspecified atom stereocenters. The van der Waals surface area contributed by atoms with Gasteiger partial charge in [0.15, 0.2) is 0 Å². The van der Waals surface area contributed by atoms with Gasteiger partial charge in [-0.15, -0.1) is 0 Å². The predicted molar refractivity (Wildman–Crippen MR) is 99.9 cm³/mol. The van der Waals surface area contributed by atoms with E-state index in [1.54, 1.807) is 12.1 Å². The third-order valence-electron chi connectivity index (χ3n) is 3.81. The van der Waals surface area contributed by atoms with Gasteiger partial charge in [0.1, 0.15) is 17.7 Å². The topological polar surface area (TPSA) is 60.0 Å². The summed E-state index contributed by atoms with van der Waals surface area (Å²) in [6.07, 6.45) is 7.46. The molecule has 1 aliphatic rings. The summed E-state index contributed by atoms with van der Waals surface area (Å²) in [5.74, 6) is 1.33. The van der Waals surface area contributed by atoms with Gasteiger partial charge in [0.25, 0.3) is 0 Å². The van der Waals surface area contributed by atoms with Crippen LogP contribution in [-0.4, -0.2) is 24.3 Å². The van der Waals surface area contributed by atoms with Crippen LogP contribution in [0.2, 0.25) is 0 Å². The van der Waals surface area contributed by atoms with Gasteiger partial charge in [-0.1, -0.05) is 26.2 Å². The maximum absolute atomic E-state index is 10.3. The largest absolute Gasteiger partial charge is 0.494 e. The van der Waals surface area contributed by atoms with Gasteiger partial charge in [-0.25, -0.2) is 5.09 Å². The Balaban J connectivity index is 1.76. The number of hydrogen-bond donors (Lipinski definition) is 2. The Kier molecular flexibility index (Phi) is 8.50. The summed E-state index contributed by atoms with van der Waals surface area (Å²) in [6, 6.07) is 7.20. The zero-order valence-corrected chi connectivity index (χ0v) is 16.0. The van der Waals surface area contributed by atoms with Crippen LogP contribution in [0.1, 0.15) is 51.9 Å². The second-order valence-electron chi connectivity index (χ2n) is 5.98. The lowest BCUT2D eigenvalue weighted by Gasteiger charge is -2.27. The minimum atomic E-state index is -3.11. The van der Waals surface area contributed by atoms with Crippen molar-refractivity contribution in [3.63, 3.8) is 0 Å². The van der Waals surface area contributed by atoms with E-state index >= 15 is 0 Å². The number of hydrogen-bond acceptors (Lipinski definition) is 4. The SMILES string of the molecule is CCCCCCOc1ccc(OP(O)(=S)NC2CCCCO2)cc1. The summed E-state index contributed by atoms with van der Waals surface area (Å²) < 4.78 is 16.8. The van der Waals surface area contributed by atoms with E-state index in [-0.39, 0.29) is 6.23 Å². The maximum Gasteiger partial charge on any atom is 0.312 e. The molecule has 0 bridgehead atoms. The molecule has 0 spiro atoms.